The van der Waals surface area contributed by atoms with Crippen LogP contribution < -0.4 is 0 Å². The van der Waals surface area contributed by atoms with Gasteiger partial charge in [0.25, 0.3) is 0 Å². The molecule has 16 heavy (non-hydrogen) atoms. The highest BCUT2D eigenvalue weighted by Gasteiger charge is 2.08. The topological polar surface area (TPSA) is 40.5 Å². The number of aromatic hydroxyl groups is 2. The van der Waals surface area contributed by atoms with E-state index in [-0.39, 0.29) is 11.5 Å². The summed E-state index contributed by atoms with van der Waals surface area (Å²) in [6, 6.07) is 10.5. The quantitative estimate of drug-likeness (QED) is 0.662. The van der Waals surface area contributed by atoms with Crippen LogP contribution >= 0.6 is 45.2 Å². The highest BCUT2D eigenvalue weighted by molar-refractivity contribution is 14.1. The minimum atomic E-state index is 0.266. The number of benzene rings is 2. The molecule has 2 N–H and O–H groups in total. The maximum Gasteiger partial charge on any atom is 0.116 e. The fourth-order valence-electron chi connectivity index (χ4n) is 1.44. The van der Waals surface area contributed by atoms with Crippen LogP contribution in [-0.4, -0.2) is 10.2 Å². The van der Waals surface area contributed by atoms with E-state index in [1.807, 2.05) is 12.1 Å². The molecule has 0 fully saturated rings. The molecule has 0 spiro atoms. The molecule has 2 aromatic carbocycles. The first-order valence-electron chi connectivity index (χ1n) is 4.55. The van der Waals surface area contributed by atoms with Crippen LogP contribution in [0, 0.1) is 7.14 Å². The third-order valence-corrected chi connectivity index (χ3v) is 3.98. The van der Waals surface area contributed by atoms with Crippen molar-refractivity contribution in [1.29, 1.82) is 0 Å². The molecule has 0 radical (unpaired) electrons. The second-order valence-corrected chi connectivity index (χ2v) is 5.65. The first-order chi connectivity index (χ1) is 7.58. The number of hydrogen-bond donors (Lipinski definition) is 2. The van der Waals surface area contributed by atoms with Gasteiger partial charge < -0.3 is 10.2 Å². The molecule has 0 amide bonds. The predicted octanol–water partition coefficient (Wildman–Crippen LogP) is 3.97. The molecule has 0 aliphatic heterocycles. The third kappa shape index (κ3) is 2.42. The Balaban J connectivity index is 2.59. The highest BCUT2D eigenvalue weighted by Crippen LogP contribution is 2.32. The van der Waals surface area contributed by atoms with Crippen molar-refractivity contribution in [3.05, 3.63) is 43.5 Å². The Bertz CT molecular complexity index is 489. The van der Waals surface area contributed by atoms with Crippen LogP contribution in [0.2, 0.25) is 0 Å². The van der Waals surface area contributed by atoms with Gasteiger partial charge in [0.15, 0.2) is 0 Å². The van der Waals surface area contributed by atoms with Crippen molar-refractivity contribution in [2.24, 2.45) is 0 Å². The summed E-state index contributed by atoms with van der Waals surface area (Å²) in [6.45, 7) is 0. The maximum atomic E-state index is 9.35. The molecular formula is C12H8I2O2. The molecule has 2 aromatic rings. The summed E-state index contributed by atoms with van der Waals surface area (Å²) in [7, 11) is 0. The van der Waals surface area contributed by atoms with E-state index in [9.17, 15) is 10.2 Å². The van der Waals surface area contributed by atoms with Gasteiger partial charge in [0.1, 0.15) is 11.5 Å². The Hall–Kier alpha value is -0.500. The van der Waals surface area contributed by atoms with Crippen LogP contribution in [0.5, 0.6) is 11.5 Å². The molecule has 0 unspecified atom stereocenters. The smallest absolute Gasteiger partial charge is 0.116 e. The number of hydrogen-bond acceptors (Lipinski definition) is 2. The maximum absolute atomic E-state index is 9.35. The summed E-state index contributed by atoms with van der Waals surface area (Å²) in [5.74, 6) is 0.531. The van der Waals surface area contributed by atoms with E-state index in [0.717, 1.165) is 18.3 Å². The molecule has 4 heteroatoms. The van der Waals surface area contributed by atoms with Crippen molar-refractivity contribution in [3.63, 3.8) is 0 Å². The second kappa shape index (κ2) is 4.79. The van der Waals surface area contributed by atoms with Crippen LogP contribution in [0.3, 0.4) is 0 Å². The predicted molar refractivity (Wildman–Crippen MR) is 80.6 cm³/mol. The second-order valence-electron chi connectivity index (χ2n) is 3.33. The summed E-state index contributed by atoms with van der Waals surface area (Å²) in [6.07, 6.45) is 0. The Morgan fingerprint density at radius 1 is 0.688 bits per heavy atom. The standard InChI is InChI=1S/C12H8I2O2/c13-11-5-7(15)1-3-9(11)10-4-2-8(16)6-12(10)14/h1-6,15-16H. The molecular weight excluding hydrogens is 430 g/mol. The number of phenols is 2. The third-order valence-electron chi connectivity index (χ3n) is 2.20. The Morgan fingerprint density at radius 3 is 1.38 bits per heavy atom. The normalized spacial score (nSPS) is 10.4. The number of rotatable bonds is 1. The van der Waals surface area contributed by atoms with E-state index < -0.39 is 0 Å². The zero-order chi connectivity index (χ0) is 11.7. The molecule has 2 rings (SSSR count). The van der Waals surface area contributed by atoms with Crippen LogP contribution in [0.4, 0.5) is 0 Å². The van der Waals surface area contributed by atoms with Crippen LogP contribution in [0.25, 0.3) is 11.1 Å². The van der Waals surface area contributed by atoms with Gasteiger partial charge in [0.05, 0.1) is 0 Å². The summed E-state index contributed by atoms with van der Waals surface area (Å²) in [5, 5.41) is 18.7. The number of halogens is 2. The Kier molecular flexibility index (Phi) is 3.58. The minimum absolute atomic E-state index is 0.266. The molecule has 0 aromatic heterocycles. The van der Waals surface area contributed by atoms with Crippen molar-refractivity contribution in [2.45, 2.75) is 0 Å². The van der Waals surface area contributed by atoms with E-state index in [1.54, 1.807) is 24.3 Å². The van der Waals surface area contributed by atoms with Crippen molar-refractivity contribution >= 4 is 45.2 Å². The van der Waals surface area contributed by atoms with E-state index in [2.05, 4.69) is 45.2 Å². The molecule has 82 valence electrons. The van der Waals surface area contributed by atoms with Crippen LogP contribution in [0.1, 0.15) is 0 Å². The van der Waals surface area contributed by atoms with Crippen molar-refractivity contribution < 1.29 is 10.2 Å². The van der Waals surface area contributed by atoms with Gasteiger partial charge in [0, 0.05) is 7.14 Å². The average molecular weight is 438 g/mol. The fraction of sp³-hybridized carbons (Fsp3) is 0. The van der Waals surface area contributed by atoms with Gasteiger partial charge >= 0.3 is 0 Å². The lowest BCUT2D eigenvalue weighted by atomic mass is 10.1. The molecule has 0 saturated carbocycles. The van der Waals surface area contributed by atoms with E-state index in [0.29, 0.717) is 0 Å². The monoisotopic (exact) mass is 438 g/mol. The van der Waals surface area contributed by atoms with E-state index in [4.69, 9.17) is 0 Å². The SMILES string of the molecule is Oc1ccc(-c2ccc(O)cc2I)c(I)c1. The molecule has 0 heterocycles. The van der Waals surface area contributed by atoms with Gasteiger partial charge in [-0.1, -0.05) is 0 Å². The van der Waals surface area contributed by atoms with Gasteiger partial charge in [-0.15, -0.1) is 0 Å². The van der Waals surface area contributed by atoms with Gasteiger partial charge in [-0.3, -0.25) is 0 Å². The molecule has 0 aliphatic carbocycles. The van der Waals surface area contributed by atoms with Gasteiger partial charge in [0.2, 0.25) is 0 Å². The Labute approximate surface area is 121 Å². The lowest BCUT2D eigenvalue weighted by Gasteiger charge is -2.08. The van der Waals surface area contributed by atoms with Gasteiger partial charge in [-0.2, -0.15) is 0 Å². The Morgan fingerprint density at radius 2 is 1.06 bits per heavy atom. The highest BCUT2D eigenvalue weighted by atomic mass is 127. The molecule has 0 aliphatic rings. The lowest BCUT2D eigenvalue weighted by Crippen LogP contribution is -1.86. The molecule has 0 saturated heterocycles. The van der Waals surface area contributed by atoms with E-state index in [1.165, 1.54) is 0 Å². The largest absolute Gasteiger partial charge is 0.508 e. The number of phenolic OH excluding ortho intramolecular Hbond substituents is 2. The fourth-order valence-corrected chi connectivity index (χ4v) is 3.02. The molecule has 0 atom stereocenters. The zero-order valence-electron chi connectivity index (χ0n) is 8.11. The van der Waals surface area contributed by atoms with Crippen molar-refractivity contribution in [1.82, 2.24) is 0 Å². The van der Waals surface area contributed by atoms with E-state index >= 15 is 0 Å². The van der Waals surface area contributed by atoms with Gasteiger partial charge in [-0.05, 0) is 92.7 Å². The van der Waals surface area contributed by atoms with Gasteiger partial charge in [-0.25, -0.2) is 0 Å². The molecule has 0 bridgehead atoms. The average Bonchev–Trinajstić information content (AvgIpc) is 2.19. The van der Waals surface area contributed by atoms with Crippen LogP contribution in [0.15, 0.2) is 36.4 Å². The van der Waals surface area contributed by atoms with Crippen molar-refractivity contribution in [2.75, 3.05) is 0 Å². The first kappa shape index (κ1) is 12.0. The minimum Gasteiger partial charge on any atom is -0.508 e. The van der Waals surface area contributed by atoms with Crippen LogP contribution in [-0.2, 0) is 0 Å². The first-order valence-corrected chi connectivity index (χ1v) is 6.71. The summed E-state index contributed by atoms with van der Waals surface area (Å²) in [4.78, 5) is 0. The lowest BCUT2D eigenvalue weighted by molar-refractivity contribution is 0.474. The van der Waals surface area contributed by atoms with Crippen molar-refractivity contribution in [3.8, 4) is 22.6 Å². The summed E-state index contributed by atoms with van der Waals surface area (Å²) < 4.78 is 1.97. The molecule has 2 nitrogen and oxygen atoms in total. The summed E-state index contributed by atoms with van der Waals surface area (Å²) in [5.41, 5.74) is 2.12. The zero-order valence-corrected chi connectivity index (χ0v) is 12.4. The summed E-state index contributed by atoms with van der Waals surface area (Å²) >= 11 is 4.38.